The number of nitrogens with zero attached hydrogens (tertiary/aromatic N) is 4. The molecule has 356 valence electrons. The zero-order chi connectivity index (χ0) is 48.8. The van der Waals surface area contributed by atoms with Gasteiger partial charge < -0.3 is 49.3 Å². The molecule has 0 aliphatic carbocycles. The summed E-state index contributed by atoms with van der Waals surface area (Å²) in [6.07, 6.45) is 25.0. The molecule has 4 aromatic rings. The van der Waals surface area contributed by atoms with Crippen molar-refractivity contribution in [1.82, 2.24) is 40.4 Å². The molecule has 5 heterocycles. The monoisotopic (exact) mass is 909 g/mol. The summed E-state index contributed by atoms with van der Waals surface area (Å²) in [6.45, 7) is 14.2. The number of benzene rings is 2. The van der Waals surface area contributed by atoms with E-state index in [1.165, 1.54) is 27.1 Å². The minimum atomic E-state index is -0.700. The van der Waals surface area contributed by atoms with Gasteiger partial charge in [0, 0.05) is 24.2 Å². The van der Waals surface area contributed by atoms with Gasteiger partial charge in [0.25, 0.3) is 0 Å². The molecule has 2 fully saturated rings. The second-order valence-corrected chi connectivity index (χ2v) is 16.0. The molecular weight excluding hydrogens is 841 g/mol. The number of piperidine rings is 2. The molecule has 4 N–H and O–H groups in total. The second kappa shape index (κ2) is 26.8. The Bertz CT molecular complexity index is 2210. The van der Waals surface area contributed by atoms with Crippen molar-refractivity contribution < 1.29 is 38.1 Å². The highest BCUT2D eigenvalue weighted by Gasteiger charge is 2.41. The maximum absolute atomic E-state index is 13.3. The van der Waals surface area contributed by atoms with Crippen molar-refractivity contribution in [3.63, 3.8) is 0 Å². The summed E-state index contributed by atoms with van der Waals surface area (Å²) in [5, 5.41) is 4.99. The summed E-state index contributed by atoms with van der Waals surface area (Å²) in [5.74, 6) is 2.53. The number of amides is 4. The highest BCUT2D eigenvalue weighted by Crippen LogP contribution is 2.47. The summed E-state index contributed by atoms with van der Waals surface area (Å²) in [5.41, 5.74) is 4.39. The number of alkyl carbamates (subject to hydrolysis) is 2. The van der Waals surface area contributed by atoms with E-state index in [4.69, 9.17) is 14.5 Å². The van der Waals surface area contributed by atoms with E-state index in [-0.39, 0.29) is 30.9 Å². The van der Waals surface area contributed by atoms with Gasteiger partial charge in [0.2, 0.25) is 11.8 Å². The number of methoxy groups -OCH3 is 2. The molecule has 2 aromatic carbocycles. The fourth-order valence-electron chi connectivity index (χ4n) is 7.91. The Morgan fingerprint density at radius 2 is 1.30 bits per heavy atom. The van der Waals surface area contributed by atoms with Gasteiger partial charge in [-0.15, -0.1) is 25.7 Å². The molecule has 2 aromatic heterocycles. The fraction of sp³-hybridized carbons (Fsp3) is 0.480. The van der Waals surface area contributed by atoms with E-state index >= 15 is 0 Å². The van der Waals surface area contributed by atoms with Gasteiger partial charge in [-0.05, 0) is 68.2 Å². The number of fused-ring (bicyclic) bond motifs is 1. The van der Waals surface area contributed by atoms with Crippen LogP contribution in [0, 0.1) is 31.6 Å². The van der Waals surface area contributed by atoms with Gasteiger partial charge in [-0.2, -0.15) is 0 Å². The number of imidazole rings is 2. The molecule has 16 heteroatoms. The van der Waals surface area contributed by atoms with Gasteiger partial charge >= 0.3 is 12.2 Å². The van der Waals surface area contributed by atoms with E-state index in [2.05, 4.69) is 95.4 Å². The van der Waals surface area contributed by atoms with Crippen LogP contribution in [-0.4, -0.2) is 107 Å². The molecule has 7 rings (SSSR count). The molecule has 3 aliphatic heterocycles. The van der Waals surface area contributed by atoms with Crippen LogP contribution in [0.1, 0.15) is 104 Å². The van der Waals surface area contributed by atoms with Crippen molar-refractivity contribution in [2.24, 2.45) is 5.92 Å². The third kappa shape index (κ3) is 13.3. The lowest BCUT2D eigenvalue weighted by molar-refractivity contribution is -0.139. The van der Waals surface area contributed by atoms with Crippen LogP contribution in [-0.2, 0) is 24.6 Å². The number of H-pyrrole nitrogens is 2. The second-order valence-electron chi connectivity index (χ2n) is 16.0. The summed E-state index contributed by atoms with van der Waals surface area (Å²) in [7, 11) is 2.53. The lowest BCUT2D eigenvalue weighted by atomic mass is 9.87. The Balaban J connectivity index is 0.00000107. The molecule has 3 atom stereocenters. The number of likely N-dealkylation sites (tertiary alicyclic amines) is 2. The molecule has 0 radical (unpaired) electrons. The lowest BCUT2D eigenvalue weighted by Crippen LogP contribution is -2.53. The molecule has 1 unspecified atom stereocenters. The molecule has 0 bridgehead atoms. The molecule has 16 nitrogen and oxygen atoms in total. The summed E-state index contributed by atoms with van der Waals surface area (Å²) >= 11 is 0. The normalized spacial score (nSPS) is 18.1. The van der Waals surface area contributed by atoms with E-state index in [1.807, 2.05) is 43.3 Å². The number of ether oxygens (including phenoxy) is 4. The first-order valence-corrected chi connectivity index (χ1v) is 22.5. The van der Waals surface area contributed by atoms with Gasteiger partial charge in [0.1, 0.15) is 38.0 Å². The number of carbonyl (C=O) groups is 4. The van der Waals surface area contributed by atoms with E-state index in [1.54, 1.807) is 22.2 Å². The van der Waals surface area contributed by atoms with Gasteiger partial charge in [0.05, 0.1) is 49.6 Å². The fourth-order valence-corrected chi connectivity index (χ4v) is 7.91. The molecule has 0 saturated carbocycles. The third-order valence-electron chi connectivity index (χ3n) is 11.0. The van der Waals surface area contributed by atoms with E-state index < -0.39 is 17.7 Å². The standard InChI is InChI=1S/C40H48N8O8.2C3H8.2C2H2/c1-24-7-14-31(47(23-24)32(49)21-43-38(51)53-3)36-41-19-29(45-36)26-10-8-25(9-11-26)27-12-13-28(35-34(27)55-17-18-56-35)30-20-42-37(46-30)40(2)15-5-6-16-48(40)33(50)22-44-39(52)54-4;2*1-3-2;2*1-2/h8-13,19-20,24,31H,5-7,14-18,21-23H2,1-4H3,(H,41,45)(H,42,46)(H,43,51)(H,44,52);2*3H2,1-2H3;2*1-2H/t24-,31?,40+;;;;/m0..../s1. The largest absolute Gasteiger partial charge is 0.485 e. The van der Waals surface area contributed by atoms with Crippen LogP contribution in [0.25, 0.3) is 33.6 Å². The van der Waals surface area contributed by atoms with Crippen LogP contribution in [0.15, 0.2) is 48.8 Å². The van der Waals surface area contributed by atoms with Crippen LogP contribution in [0.4, 0.5) is 9.59 Å². The minimum Gasteiger partial charge on any atom is -0.485 e. The van der Waals surface area contributed by atoms with E-state index in [0.717, 1.165) is 59.3 Å². The lowest BCUT2D eigenvalue weighted by Gasteiger charge is -2.43. The topological polar surface area (TPSA) is 193 Å². The molecule has 0 spiro atoms. The molecule has 2 saturated heterocycles. The molecular formula is C50H68N8O8. The summed E-state index contributed by atoms with van der Waals surface area (Å²) in [4.78, 5) is 69.6. The van der Waals surface area contributed by atoms with Crippen molar-refractivity contribution in [1.29, 1.82) is 0 Å². The Morgan fingerprint density at radius 3 is 1.91 bits per heavy atom. The minimum absolute atomic E-state index is 0.146. The number of aromatic amines is 2. The SMILES string of the molecule is C#C.C#C.CCC.CCC.COC(=O)NCC(=O)N1C[C@@H](C)CCC1c1ncc(-c2ccc(-c3ccc(-c4cnc([C@@]5(C)CCCCN5C(=O)CNC(=O)OC)[nH]4)c4c3OCCO4)cc2)[nH]1. The molecule has 66 heavy (non-hydrogen) atoms. The van der Waals surface area contributed by atoms with Crippen LogP contribution in [0.5, 0.6) is 11.5 Å². The van der Waals surface area contributed by atoms with Gasteiger partial charge in [-0.3, -0.25) is 9.59 Å². The van der Waals surface area contributed by atoms with Crippen LogP contribution >= 0.6 is 0 Å². The zero-order valence-corrected chi connectivity index (χ0v) is 39.8. The van der Waals surface area contributed by atoms with Crippen molar-refractivity contribution in [3.05, 3.63) is 60.4 Å². The first-order chi connectivity index (χ1) is 31.9. The maximum atomic E-state index is 13.3. The third-order valence-corrected chi connectivity index (χ3v) is 11.0. The molecule has 4 amide bonds. The summed E-state index contributed by atoms with van der Waals surface area (Å²) < 4.78 is 21.7. The van der Waals surface area contributed by atoms with Crippen LogP contribution < -0.4 is 20.1 Å². The smallest absolute Gasteiger partial charge is 0.407 e. The van der Waals surface area contributed by atoms with Crippen LogP contribution in [0.3, 0.4) is 0 Å². The average Bonchev–Trinajstić information content (AvgIpc) is 4.06. The average molecular weight is 909 g/mol. The number of hydrogen-bond acceptors (Lipinski definition) is 10. The van der Waals surface area contributed by atoms with Crippen LogP contribution in [0.2, 0.25) is 0 Å². The number of hydrogen-bond donors (Lipinski definition) is 4. The number of nitrogens with one attached hydrogen (secondary N) is 4. The number of aromatic nitrogens is 4. The maximum Gasteiger partial charge on any atom is 0.407 e. The van der Waals surface area contributed by atoms with Crippen molar-refractivity contribution in [2.75, 3.05) is 53.6 Å². The van der Waals surface area contributed by atoms with E-state index in [0.29, 0.717) is 61.8 Å². The highest BCUT2D eigenvalue weighted by molar-refractivity contribution is 5.85. The van der Waals surface area contributed by atoms with Crippen molar-refractivity contribution in [3.8, 4) is 70.8 Å². The van der Waals surface area contributed by atoms with Crippen molar-refractivity contribution >= 4 is 24.0 Å². The predicted molar refractivity (Wildman–Crippen MR) is 256 cm³/mol. The Hall–Kier alpha value is -6.94. The van der Waals surface area contributed by atoms with Gasteiger partial charge in [-0.25, -0.2) is 19.6 Å². The predicted octanol–water partition coefficient (Wildman–Crippen LogP) is 8.48. The van der Waals surface area contributed by atoms with Gasteiger partial charge in [0.15, 0.2) is 11.5 Å². The number of carbonyl (C=O) groups excluding carboxylic acids is 4. The summed E-state index contributed by atoms with van der Waals surface area (Å²) in [6, 6.07) is 11.8. The van der Waals surface area contributed by atoms with E-state index in [9.17, 15) is 19.2 Å². The Kier molecular flexibility index (Phi) is 21.6. The number of terminal acetylenes is 2. The van der Waals surface area contributed by atoms with Gasteiger partial charge in [-0.1, -0.05) is 71.7 Å². The Morgan fingerprint density at radius 1 is 0.758 bits per heavy atom. The first-order valence-electron chi connectivity index (χ1n) is 22.5. The quantitative estimate of drug-likeness (QED) is 0.118. The Labute approximate surface area is 390 Å². The number of rotatable bonds is 9. The molecule has 3 aliphatic rings. The van der Waals surface area contributed by atoms with Crippen molar-refractivity contribution in [2.45, 2.75) is 98.1 Å². The zero-order valence-electron chi connectivity index (χ0n) is 39.8. The first kappa shape index (κ1) is 53.4. The highest BCUT2D eigenvalue weighted by atomic mass is 16.6.